The lowest BCUT2D eigenvalue weighted by atomic mass is 10.2. The van der Waals surface area contributed by atoms with Crippen LogP contribution in [0.15, 0.2) is 94.7 Å². The number of carbonyl (C=O) groups excluding carboxylic acids is 1. The van der Waals surface area contributed by atoms with Crippen LogP contribution in [0.3, 0.4) is 0 Å². The van der Waals surface area contributed by atoms with Crippen LogP contribution in [0.2, 0.25) is 10.0 Å². The highest BCUT2D eigenvalue weighted by Gasteiger charge is 2.34. The SMILES string of the molecule is Cc1ccc(S(=O)(=O)N(CC(=O)Nc2ccc(S(=O)(=O)Nc3ccc(Cl)c(C(F)(F)F)c3)cc2)c2ccc(C)c(Cl)c2)cc1. The molecule has 0 aliphatic carbocycles. The fraction of sp³-hybridized carbons (Fsp3) is 0.138. The monoisotopic (exact) mass is 685 g/mol. The van der Waals surface area contributed by atoms with Crippen molar-refractivity contribution in [3.8, 4) is 0 Å². The standard InChI is InChI=1S/C29H24Cl2F3N3O5S2/c1-18-3-10-24(11-4-18)44(41,42)37(22-9-5-19(2)27(31)16-22)17-28(38)35-20-6-12-23(13-7-20)43(39,40)36-21-8-14-26(30)25(15-21)29(32,33)34/h3-16,36H,17H2,1-2H3,(H,35,38). The molecule has 4 aromatic carbocycles. The van der Waals surface area contributed by atoms with Crippen molar-refractivity contribution < 1.29 is 34.8 Å². The van der Waals surface area contributed by atoms with Crippen LogP contribution in [0.5, 0.6) is 0 Å². The van der Waals surface area contributed by atoms with Gasteiger partial charge in [-0.3, -0.25) is 13.8 Å². The van der Waals surface area contributed by atoms with E-state index in [1.54, 1.807) is 32.0 Å². The summed E-state index contributed by atoms with van der Waals surface area (Å²) in [6, 6.07) is 18.0. The van der Waals surface area contributed by atoms with Gasteiger partial charge in [-0.2, -0.15) is 13.2 Å². The second kappa shape index (κ2) is 12.7. The molecule has 0 aromatic heterocycles. The van der Waals surface area contributed by atoms with Crippen molar-refractivity contribution in [3.05, 3.63) is 112 Å². The van der Waals surface area contributed by atoms with Crippen LogP contribution < -0.4 is 14.3 Å². The van der Waals surface area contributed by atoms with Gasteiger partial charge in [0.1, 0.15) is 6.54 Å². The first kappa shape index (κ1) is 33.1. The third-order valence-corrected chi connectivity index (χ3v) is 10.2. The molecule has 0 heterocycles. The van der Waals surface area contributed by atoms with E-state index in [1.165, 1.54) is 36.4 Å². The van der Waals surface area contributed by atoms with Crippen LogP contribution in [0, 0.1) is 13.8 Å². The van der Waals surface area contributed by atoms with E-state index in [4.69, 9.17) is 23.2 Å². The fourth-order valence-electron chi connectivity index (χ4n) is 3.96. The van der Waals surface area contributed by atoms with Crippen LogP contribution in [-0.2, 0) is 31.0 Å². The minimum Gasteiger partial charge on any atom is -0.325 e. The molecule has 8 nitrogen and oxygen atoms in total. The van der Waals surface area contributed by atoms with E-state index in [2.05, 4.69) is 10.0 Å². The van der Waals surface area contributed by atoms with Gasteiger partial charge in [0.2, 0.25) is 5.91 Å². The Morgan fingerprint density at radius 1 is 0.773 bits per heavy atom. The lowest BCUT2D eigenvalue weighted by molar-refractivity contribution is -0.137. The summed E-state index contributed by atoms with van der Waals surface area (Å²) in [5, 5.41) is 2.24. The zero-order valence-corrected chi connectivity index (χ0v) is 26.1. The Morgan fingerprint density at radius 3 is 1.95 bits per heavy atom. The molecule has 0 atom stereocenters. The minimum absolute atomic E-state index is 0.0438. The van der Waals surface area contributed by atoms with E-state index >= 15 is 0 Å². The molecule has 44 heavy (non-hydrogen) atoms. The van der Waals surface area contributed by atoms with Gasteiger partial charge in [-0.15, -0.1) is 0 Å². The summed E-state index contributed by atoms with van der Waals surface area (Å²) in [7, 11) is -8.53. The molecule has 0 aliphatic rings. The Bertz CT molecular complexity index is 1920. The van der Waals surface area contributed by atoms with E-state index < -0.39 is 49.3 Å². The lowest BCUT2D eigenvalue weighted by Gasteiger charge is -2.24. The molecule has 4 aromatic rings. The van der Waals surface area contributed by atoms with E-state index in [9.17, 15) is 34.8 Å². The highest BCUT2D eigenvalue weighted by atomic mass is 35.5. The molecule has 0 spiro atoms. The molecule has 1 amide bonds. The summed E-state index contributed by atoms with van der Waals surface area (Å²) in [6.07, 6.45) is -4.79. The molecule has 0 aliphatic heterocycles. The first-order valence-corrected chi connectivity index (χ1v) is 16.3. The number of halogens is 5. The van der Waals surface area contributed by atoms with Gasteiger partial charge in [-0.05, 0) is 86.1 Å². The van der Waals surface area contributed by atoms with Crippen molar-refractivity contribution in [2.45, 2.75) is 29.8 Å². The second-order valence-electron chi connectivity index (χ2n) is 9.63. The summed E-state index contributed by atoms with van der Waals surface area (Å²) >= 11 is 11.8. The minimum atomic E-state index is -4.79. The maximum Gasteiger partial charge on any atom is 0.417 e. The molecule has 2 N–H and O–H groups in total. The topological polar surface area (TPSA) is 113 Å². The molecular formula is C29H24Cl2F3N3O5S2. The van der Waals surface area contributed by atoms with Crippen LogP contribution in [0.25, 0.3) is 0 Å². The quantitative estimate of drug-likeness (QED) is 0.193. The first-order chi connectivity index (χ1) is 20.5. The molecule has 0 saturated heterocycles. The van der Waals surface area contributed by atoms with Crippen LogP contribution >= 0.6 is 23.2 Å². The number of carbonyl (C=O) groups is 1. The number of sulfonamides is 2. The van der Waals surface area contributed by atoms with E-state index in [0.29, 0.717) is 16.7 Å². The Morgan fingerprint density at radius 2 is 1.36 bits per heavy atom. The third-order valence-electron chi connectivity index (χ3n) is 6.31. The number of nitrogens with zero attached hydrogens (tertiary/aromatic N) is 1. The van der Waals surface area contributed by atoms with Crippen molar-refractivity contribution in [3.63, 3.8) is 0 Å². The molecule has 0 bridgehead atoms. The van der Waals surface area contributed by atoms with Crippen molar-refractivity contribution in [2.24, 2.45) is 0 Å². The molecule has 0 unspecified atom stereocenters. The number of rotatable bonds is 9. The predicted molar refractivity (Wildman–Crippen MR) is 164 cm³/mol. The third kappa shape index (κ3) is 7.65. The molecule has 0 radical (unpaired) electrons. The van der Waals surface area contributed by atoms with Gasteiger partial charge >= 0.3 is 6.18 Å². The van der Waals surface area contributed by atoms with Crippen molar-refractivity contribution in [1.29, 1.82) is 0 Å². The van der Waals surface area contributed by atoms with E-state index in [1.807, 2.05) is 0 Å². The normalized spacial score (nSPS) is 12.1. The van der Waals surface area contributed by atoms with Gasteiger partial charge in [0.25, 0.3) is 20.0 Å². The molecule has 4 rings (SSSR count). The van der Waals surface area contributed by atoms with Crippen molar-refractivity contribution in [2.75, 3.05) is 20.9 Å². The Labute approximate surface area is 262 Å². The average Bonchev–Trinajstić information content (AvgIpc) is 2.94. The average molecular weight is 687 g/mol. The van der Waals surface area contributed by atoms with Crippen LogP contribution in [0.4, 0.5) is 30.2 Å². The number of hydrogen-bond acceptors (Lipinski definition) is 5. The van der Waals surface area contributed by atoms with Gasteiger partial charge in [-0.1, -0.05) is 47.0 Å². The first-order valence-electron chi connectivity index (χ1n) is 12.6. The fourth-order valence-corrected chi connectivity index (χ4v) is 6.82. The Hall–Kier alpha value is -3.78. The second-order valence-corrected chi connectivity index (χ2v) is 14.0. The number of aryl methyl sites for hydroxylation is 2. The zero-order valence-electron chi connectivity index (χ0n) is 23.0. The van der Waals surface area contributed by atoms with E-state index in [-0.39, 0.29) is 26.9 Å². The highest BCUT2D eigenvalue weighted by Crippen LogP contribution is 2.36. The highest BCUT2D eigenvalue weighted by molar-refractivity contribution is 7.93. The molecule has 15 heteroatoms. The van der Waals surface area contributed by atoms with Gasteiger partial charge in [0.05, 0.1) is 26.1 Å². The number of anilines is 3. The van der Waals surface area contributed by atoms with Crippen molar-refractivity contribution >= 4 is 66.2 Å². The molecule has 0 fully saturated rings. The van der Waals surface area contributed by atoms with Gasteiger partial charge < -0.3 is 5.32 Å². The van der Waals surface area contributed by atoms with Crippen molar-refractivity contribution in [1.82, 2.24) is 0 Å². The summed E-state index contributed by atoms with van der Waals surface area (Å²) in [6.45, 7) is 2.90. The van der Waals surface area contributed by atoms with E-state index in [0.717, 1.165) is 34.1 Å². The van der Waals surface area contributed by atoms with Crippen LogP contribution in [0.1, 0.15) is 16.7 Å². The maximum atomic E-state index is 13.6. The number of benzene rings is 4. The smallest absolute Gasteiger partial charge is 0.325 e. The van der Waals surface area contributed by atoms with Gasteiger partial charge in [0.15, 0.2) is 0 Å². The molecule has 232 valence electrons. The predicted octanol–water partition coefficient (Wildman–Crippen LogP) is 7.26. The largest absolute Gasteiger partial charge is 0.417 e. The summed E-state index contributed by atoms with van der Waals surface area (Å²) in [5.41, 5.74) is 0.267. The summed E-state index contributed by atoms with van der Waals surface area (Å²) in [5.74, 6) is -0.744. The van der Waals surface area contributed by atoms with Crippen LogP contribution in [-0.4, -0.2) is 29.3 Å². The zero-order chi connectivity index (χ0) is 32.4. The van der Waals surface area contributed by atoms with Gasteiger partial charge in [-0.25, -0.2) is 16.8 Å². The van der Waals surface area contributed by atoms with Gasteiger partial charge in [0, 0.05) is 16.4 Å². The molecule has 0 saturated carbocycles. The number of hydrogen-bond donors (Lipinski definition) is 2. The number of nitrogens with one attached hydrogen (secondary N) is 2. The lowest BCUT2D eigenvalue weighted by Crippen LogP contribution is -2.38. The maximum absolute atomic E-state index is 13.6. The number of alkyl halides is 3. The number of amides is 1. The summed E-state index contributed by atoms with van der Waals surface area (Å²) < 4.78 is 95.3. The Balaban J connectivity index is 1.54. The Kier molecular flexibility index (Phi) is 9.54. The molecular weight excluding hydrogens is 662 g/mol. The summed E-state index contributed by atoms with van der Waals surface area (Å²) in [4.78, 5) is 12.7.